The summed E-state index contributed by atoms with van der Waals surface area (Å²) >= 11 is 6.14. The van der Waals surface area contributed by atoms with Gasteiger partial charge in [0.1, 0.15) is 0 Å². The van der Waals surface area contributed by atoms with E-state index in [1.54, 1.807) is 0 Å². The molecule has 0 fully saturated rings. The molecule has 0 spiro atoms. The van der Waals surface area contributed by atoms with Gasteiger partial charge in [-0.3, -0.25) is 0 Å². The van der Waals surface area contributed by atoms with Crippen LogP contribution in [0.4, 0.5) is 5.69 Å². The fraction of sp³-hybridized carbons (Fsp3) is 0.333. The van der Waals surface area contributed by atoms with Gasteiger partial charge in [-0.1, -0.05) is 35.9 Å². The van der Waals surface area contributed by atoms with Crippen molar-refractivity contribution in [2.24, 2.45) is 5.73 Å². The first-order chi connectivity index (χ1) is 10.6. The van der Waals surface area contributed by atoms with Crippen LogP contribution in [0.2, 0.25) is 5.02 Å². The molecule has 0 aromatic heterocycles. The third-order valence-corrected chi connectivity index (χ3v) is 4.38. The second-order valence-electron chi connectivity index (χ2n) is 6.13. The van der Waals surface area contributed by atoms with Gasteiger partial charge >= 0.3 is 0 Å². The van der Waals surface area contributed by atoms with Crippen molar-refractivity contribution in [3.8, 4) is 0 Å². The number of benzene rings is 2. The van der Waals surface area contributed by atoms with Crippen molar-refractivity contribution >= 4 is 17.3 Å². The average Bonchev–Trinajstić information content (AvgIpc) is 2.84. The Kier molecular flexibility index (Phi) is 4.39. The zero-order chi connectivity index (χ0) is 15.7. The molecule has 0 saturated carbocycles. The van der Waals surface area contributed by atoms with Gasteiger partial charge in [-0.25, -0.2) is 0 Å². The molecule has 0 saturated heterocycles. The summed E-state index contributed by atoms with van der Waals surface area (Å²) in [6.45, 7) is 2.44. The van der Waals surface area contributed by atoms with Crippen molar-refractivity contribution in [3.05, 3.63) is 64.2 Å². The van der Waals surface area contributed by atoms with Crippen molar-refractivity contribution in [1.82, 2.24) is 4.90 Å². The summed E-state index contributed by atoms with van der Waals surface area (Å²) in [6, 6.07) is 15.0. The Morgan fingerprint density at radius 2 is 2.05 bits per heavy atom. The molecule has 1 heterocycles. The molecule has 4 heteroatoms. The van der Waals surface area contributed by atoms with E-state index in [0.29, 0.717) is 6.54 Å². The molecule has 1 unspecified atom stereocenters. The number of anilines is 1. The molecule has 0 amide bonds. The second-order valence-corrected chi connectivity index (χ2v) is 6.57. The van der Waals surface area contributed by atoms with Crippen molar-refractivity contribution in [1.29, 1.82) is 0 Å². The van der Waals surface area contributed by atoms with Gasteiger partial charge in [0.2, 0.25) is 0 Å². The molecule has 0 bridgehead atoms. The topological polar surface area (TPSA) is 32.5 Å². The highest BCUT2D eigenvalue weighted by atomic mass is 35.5. The van der Waals surface area contributed by atoms with Gasteiger partial charge in [0, 0.05) is 30.3 Å². The summed E-state index contributed by atoms with van der Waals surface area (Å²) < 4.78 is 0. The fourth-order valence-electron chi connectivity index (χ4n) is 3.20. The first-order valence-electron chi connectivity index (χ1n) is 7.57. The minimum atomic E-state index is 0.218. The number of hydrogen-bond donors (Lipinski definition) is 1. The predicted molar refractivity (Wildman–Crippen MR) is 93.3 cm³/mol. The van der Waals surface area contributed by atoms with Gasteiger partial charge in [0.05, 0.1) is 6.04 Å². The lowest BCUT2D eigenvalue weighted by molar-refractivity contribution is 0.402. The standard InChI is InChI=1S/C18H22ClN3/c1-21(2)11-13-6-7-14-12-22(18(10-20)17(14)8-13)16-5-3-4-15(19)9-16/h3-9,18H,10-12,20H2,1-2H3. The van der Waals surface area contributed by atoms with Gasteiger partial charge in [-0.2, -0.15) is 0 Å². The number of nitrogens with two attached hydrogens (primary N) is 1. The maximum Gasteiger partial charge on any atom is 0.0672 e. The minimum absolute atomic E-state index is 0.218. The third-order valence-electron chi connectivity index (χ3n) is 4.15. The molecule has 116 valence electrons. The molecule has 0 radical (unpaired) electrons. The number of halogens is 1. The molecule has 0 aliphatic carbocycles. The fourth-order valence-corrected chi connectivity index (χ4v) is 3.39. The Balaban J connectivity index is 1.94. The molecule has 1 aliphatic heterocycles. The molecular formula is C18H22ClN3. The van der Waals surface area contributed by atoms with Crippen LogP contribution >= 0.6 is 11.6 Å². The van der Waals surface area contributed by atoms with E-state index in [2.05, 4.69) is 48.2 Å². The summed E-state index contributed by atoms with van der Waals surface area (Å²) in [7, 11) is 4.18. The Morgan fingerprint density at radius 1 is 1.23 bits per heavy atom. The Bertz CT molecular complexity index is 669. The van der Waals surface area contributed by atoms with Gasteiger partial charge < -0.3 is 15.5 Å². The van der Waals surface area contributed by atoms with E-state index in [9.17, 15) is 0 Å². The lowest BCUT2D eigenvalue weighted by Crippen LogP contribution is -2.27. The third kappa shape index (κ3) is 2.98. The van der Waals surface area contributed by atoms with E-state index >= 15 is 0 Å². The van der Waals surface area contributed by atoms with E-state index in [0.717, 1.165) is 23.8 Å². The second kappa shape index (κ2) is 6.29. The molecule has 2 aromatic carbocycles. The van der Waals surface area contributed by atoms with E-state index in [1.807, 2.05) is 18.2 Å². The lowest BCUT2D eigenvalue weighted by Gasteiger charge is -2.26. The van der Waals surface area contributed by atoms with Crippen LogP contribution in [0.3, 0.4) is 0 Å². The van der Waals surface area contributed by atoms with Crippen LogP contribution in [0.25, 0.3) is 0 Å². The van der Waals surface area contributed by atoms with E-state index in [-0.39, 0.29) is 6.04 Å². The van der Waals surface area contributed by atoms with E-state index in [1.165, 1.54) is 16.7 Å². The van der Waals surface area contributed by atoms with Crippen LogP contribution in [-0.2, 0) is 13.1 Å². The van der Waals surface area contributed by atoms with Gasteiger partial charge in [-0.15, -0.1) is 0 Å². The van der Waals surface area contributed by atoms with Crippen LogP contribution in [0.1, 0.15) is 22.7 Å². The number of fused-ring (bicyclic) bond motifs is 1. The van der Waals surface area contributed by atoms with Crippen molar-refractivity contribution in [3.63, 3.8) is 0 Å². The predicted octanol–water partition coefficient (Wildman–Crippen LogP) is 3.42. The zero-order valence-electron chi connectivity index (χ0n) is 13.1. The minimum Gasteiger partial charge on any atom is -0.359 e. The maximum atomic E-state index is 6.14. The number of rotatable bonds is 4. The van der Waals surface area contributed by atoms with Crippen molar-refractivity contribution in [2.75, 3.05) is 25.5 Å². The number of hydrogen-bond acceptors (Lipinski definition) is 3. The van der Waals surface area contributed by atoms with Gasteiger partial charge in [0.15, 0.2) is 0 Å². The Morgan fingerprint density at radius 3 is 2.73 bits per heavy atom. The van der Waals surface area contributed by atoms with Crippen molar-refractivity contribution in [2.45, 2.75) is 19.1 Å². The maximum absolute atomic E-state index is 6.14. The normalized spacial score (nSPS) is 17.1. The average molecular weight is 316 g/mol. The first kappa shape index (κ1) is 15.3. The monoisotopic (exact) mass is 315 g/mol. The Labute approximate surface area is 137 Å². The van der Waals surface area contributed by atoms with Crippen molar-refractivity contribution < 1.29 is 0 Å². The molecule has 2 N–H and O–H groups in total. The lowest BCUT2D eigenvalue weighted by atomic mass is 10.0. The Hall–Kier alpha value is -1.55. The molecule has 3 rings (SSSR count). The van der Waals surface area contributed by atoms with E-state index < -0.39 is 0 Å². The van der Waals surface area contributed by atoms with E-state index in [4.69, 9.17) is 17.3 Å². The first-order valence-corrected chi connectivity index (χ1v) is 7.95. The summed E-state index contributed by atoms with van der Waals surface area (Å²) in [5.74, 6) is 0. The summed E-state index contributed by atoms with van der Waals surface area (Å²) in [5, 5.41) is 0.762. The molecule has 3 nitrogen and oxygen atoms in total. The SMILES string of the molecule is CN(C)Cc1ccc2c(c1)C(CN)N(c1cccc(Cl)c1)C2. The molecule has 1 atom stereocenters. The highest BCUT2D eigenvalue weighted by molar-refractivity contribution is 6.30. The van der Waals surface area contributed by atoms with Crippen LogP contribution in [0.15, 0.2) is 42.5 Å². The number of nitrogens with zero attached hydrogens (tertiary/aromatic N) is 2. The van der Waals surface area contributed by atoms with Crippen LogP contribution in [0.5, 0.6) is 0 Å². The van der Waals surface area contributed by atoms with Crippen LogP contribution < -0.4 is 10.6 Å². The summed E-state index contributed by atoms with van der Waals surface area (Å²) in [4.78, 5) is 4.53. The largest absolute Gasteiger partial charge is 0.359 e. The molecular weight excluding hydrogens is 294 g/mol. The smallest absolute Gasteiger partial charge is 0.0672 e. The van der Waals surface area contributed by atoms with Crippen LogP contribution in [-0.4, -0.2) is 25.5 Å². The van der Waals surface area contributed by atoms with Gasteiger partial charge in [-0.05, 0) is 49.0 Å². The molecule has 22 heavy (non-hydrogen) atoms. The summed E-state index contributed by atoms with van der Waals surface area (Å²) in [6.07, 6.45) is 0. The van der Waals surface area contributed by atoms with Gasteiger partial charge in [0.25, 0.3) is 0 Å². The zero-order valence-corrected chi connectivity index (χ0v) is 13.8. The molecule has 1 aliphatic rings. The highest BCUT2D eigenvalue weighted by Gasteiger charge is 2.29. The van der Waals surface area contributed by atoms with Crippen LogP contribution in [0, 0.1) is 0 Å². The highest BCUT2D eigenvalue weighted by Crippen LogP contribution is 2.38. The summed E-state index contributed by atoms with van der Waals surface area (Å²) in [5.41, 5.74) is 11.3. The molecule has 2 aromatic rings. The quantitative estimate of drug-likeness (QED) is 0.938.